The highest BCUT2D eigenvalue weighted by Gasteiger charge is 2.33. The first kappa shape index (κ1) is 31.0. The summed E-state index contributed by atoms with van der Waals surface area (Å²) < 4.78 is 59.2. The SMILES string of the molecule is C=N/C=C(CN(CCCOC1C=CC(CO)=C(F)C1)CC/C(C)=C/C=C\C)\C(Cl)=C(/C)C(F)(F)F. The molecule has 0 aromatic heterocycles. The van der Waals surface area contributed by atoms with E-state index in [1.807, 2.05) is 37.0 Å². The first-order valence-corrected chi connectivity index (χ1v) is 11.8. The van der Waals surface area contributed by atoms with Crippen molar-refractivity contribution in [1.29, 1.82) is 0 Å². The molecule has 0 saturated carbocycles. The average Bonchev–Trinajstić information content (AvgIpc) is 2.81. The number of alkyl halides is 3. The third kappa shape index (κ3) is 11.5. The van der Waals surface area contributed by atoms with Crippen LogP contribution in [0.1, 0.15) is 40.0 Å². The summed E-state index contributed by atoms with van der Waals surface area (Å²) >= 11 is 6.10. The van der Waals surface area contributed by atoms with Crippen molar-refractivity contribution < 1.29 is 27.4 Å². The molecule has 0 bridgehead atoms. The molecule has 0 radical (unpaired) electrons. The molecule has 1 aliphatic rings. The second-order valence-electron chi connectivity index (χ2n) is 8.25. The fourth-order valence-corrected chi connectivity index (χ4v) is 3.51. The van der Waals surface area contributed by atoms with Crippen molar-refractivity contribution in [3.05, 3.63) is 69.7 Å². The van der Waals surface area contributed by atoms with E-state index in [2.05, 4.69) is 11.7 Å². The van der Waals surface area contributed by atoms with Crippen molar-refractivity contribution in [3.63, 3.8) is 0 Å². The first-order chi connectivity index (χ1) is 16.5. The van der Waals surface area contributed by atoms with E-state index in [0.29, 0.717) is 32.5 Å². The van der Waals surface area contributed by atoms with Gasteiger partial charge in [-0.15, -0.1) is 0 Å². The van der Waals surface area contributed by atoms with Gasteiger partial charge in [0.05, 0.1) is 17.7 Å². The van der Waals surface area contributed by atoms with Crippen LogP contribution in [0.4, 0.5) is 17.6 Å². The van der Waals surface area contributed by atoms with Crippen molar-refractivity contribution in [2.24, 2.45) is 4.99 Å². The van der Waals surface area contributed by atoms with Crippen LogP contribution in [-0.4, -0.2) is 61.9 Å². The van der Waals surface area contributed by atoms with Crippen molar-refractivity contribution >= 4 is 18.3 Å². The maximum atomic E-state index is 13.9. The number of halogens is 5. The fourth-order valence-electron chi connectivity index (χ4n) is 3.30. The van der Waals surface area contributed by atoms with Crippen LogP contribution < -0.4 is 0 Å². The molecular weight excluding hydrogens is 484 g/mol. The molecule has 1 aliphatic carbocycles. The Morgan fingerprint density at radius 2 is 2.06 bits per heavy atom. The highest BCUT2D eigenvalue weighted by molar-refractivity contribution is 6.32. The maximum absolute atomic E-state index is 13.9. The largest absolute Gasteiger partial charge is 0.413 e. The number of hydrogen-bond donors (Lipinski definition) is 1. The Labute approximate surface area is 210 Å². The highest BCUT2D eigenvalue weighted by atomic mass is 35.5. The maximum Gasteiger partial charge on any atom is 0.413 e. The molecule has 0 saturated heterocycles. The minimum absolute atomic E-state index is 0.0695. The number of allylic oxidation sites excluding steroid dienone is 4. The molecule has 9 heteroatoms. The van der Waals surface area contributed by atoms with E-state index in [0.717, 1.165) is 12.5 Å². The smallest absolute Gasteiger partial charge is 0.392 e. The minimum atomic E-state index is -4.55. The van der Waals surface area contributed by atoms with Gasteiger partial charge in [-0.25, -0.2) is 4.39 Å². The van der Waals surface area contributed by atoms with Crippen molar-refractivity contribution in [3.8, 4) is 0 Å². The lowest BCUT2D eigenvalue weighted by atomic mass is 10.0. The van der Waals surface area contributed by atoms with Crippen LogP contribution >= 0.6 is 11.6 Å². The normalized spacial score (nSPS) is 18.6. The Balaban J connectivity index is 2.86. The molecule has 1 rings (SSSR count). The molecule has 1 N–H and O–H groups in total. The Morgan fingerprint density at radius 3 is 2.63 bits per heavy atom. The van der Waals surface area contributed by atoms with E-state index in [1.165, 1.54) is 12.3 Å². The van der Waals surface area contributed by atoms with Crippen molar-refractivity contribution in [1.82, 2.24) is 4.90 Å². The van der Waals surface area contributed by atoms with Gasteiger partial charge >= 0.3 is 6.18 Å². The van der Waals surface area contributed by atoms with Crippen LogP contribution in [0.25, 0.3) is 0 Å². The predicted molar refractivity (Wildman–Crippen MR) is 135 cm³/mol. The lowest BCUT2D eigenvalue weighted by molar-refractivity contribution is -0.0916. The first-order valence-electron chi connectivity index (χ1n) is 11.4. The number of aliphatic hydroxyl groups is 1. The van der Waals surface area contributed by atoms with Gasteiger partial charge in [-0.3, -0.25) is 9.89 Å². The molecule has 35 heavy (non-hydrogen) atoms. The molecule has 0 fully saturated rings. The summed E-state index contributed by atoms with van der Waals surface area (Å²) in [4.78, 5) is 5.64. The number of nitrogens with zero attached hydrogens (tertiary/aromatic N) is 2. The quantitative estimate of drug-likeness (QED) is 0.119. The van der Waals surface area contributed by atoms with E-state index < -0.39 is 23.7 Å². The molecule has 0 aromatic carbocycles. The summed E-state index contributed by atoms with van der Waals surface area (Å²) in [6.07, 6.45) is 6.72. The molecular formula is C26H35ClF4N2O2. The topological polar surface area (TPSA) is 45.1 Å². The van der Waals surface area contributed by atoms with Gasteiger partial charge < -0.3 is 9.84 Å². The number of hydrogen-bond acceptors (Lipinski definition) is 4. The summed E-state index contributed by atoms with van der Waals surface area (Å²) in [5.74, 6) is -0.391. The number of rotatable bonds is 14. The summed E-state index contributed by atoms with van der Waals surface area (Å²) in [5.41, 5.74) is 0.722. The molecule has 0 aliphatic heterocycles. The van der Waals surface area contributed by atoms with Crippen LogP contribution in [0, 0.1) is 0 Å². The Kier molecular flexibility index (Phi) is 14.1. The molecule has 1 atom stereocenters. The number of aliphatic hydroxyl groups excluding tert-OH is 1. The van der Waals surface area contributed by atoms with Gasteiger partial charge in [-0.2, -0.15) is 13.2 Å². The van der Waals surface area contributed by atoms with Gasteiger partial charge in [0.15, 0.2) is 0 Å². The summed E-state index contributed by atoms with van der Waals surface area (Å²) in [6.45, 7) is 9.46. The van der Waals surface area contributed by atoms with E-state index in [1.54, 1.807) is 6.08 Å². The minimum Gasteiger partial charge on any atom is -0.392 e. The summed E-state index contributed by atoms with van der Waals surface area (Å²) in [7, 11) is 0. The lowest BCUT2D eigenvalue weighted by Gasteiger charge is -2.25. The zero-order valence-corrected chi connectivity index (χ0v) is 21.3. The zero-order chi connectivity index (χ0) is 26.4. The van der Waals surface area contributed by atoms with Gasteiger partial charge in [0.2, 0.25) is 0 Å². The van der Waals surface area contributed by atoms with Crippen LogP contribution in [0.15, 0.2) is 74.7 Å². The molecule has 0 heterocycles. The monoisotopic (exact) mass is 518 g/mol. The molecule has 1 unspecified atom stereocenters. The summed E-state index contributed by atoms with van der Waals surface area (Å²) in [6, 6.07) is 0. The molecule has 0 amide bonds. The average molecular weight is 519 g/mol. The predicted octanol–water partition coefficient (Wildman–Crippen LogP) is 6.81. The molecule has 0 spiro atoms. The van der Waals surface area contributed by atoms with Crippen LogP contribution in [0.2, 0.25) is 0 Å². The third-order valence-electron chi connectivity index (χ3n) is 5.43. The van der Waals surface area contributed by atoms with E-state index >= 15 is 0 Å². The Morgan fingerprint density at radius 1 is 1.34 bits per heavy atom. The van der Waals surface area contributed by atoms with Crippen LogP contribution in [-0.2, 0) is 4.74 Å². The molecule has 196 valence electrons. The standard InChI is InChI=1S/C26H35ClF4N2O2/c1-5-6-8-19(2)11-13-33(17-22(16-32-4)25(27)20(3)26(29,30)31)12-7-14-35-23-10-9-21(18-34)24(28)15-23/h5-6,8-10,16,23,34H,4,7,11-15,17-18H2,1-3H3/b6-5-,19-8+,22-16-,25-20-. The van der Waals surface area contributed by atoms with Gasteiger partial charge in [-0.05, 0) is 40.3 Å². The van der Waals surface area contributed by atoms with Gasteiger partial charge in [0.1, 0.15) is 5.83 Å². The van der Waals surface area contributed by atoms with E-state index in [4.69, 9.17) is 21.4 Å². The summed E-state index contributed by atoms with van der Waals surface area (Å²) in [5, 5.41) is 8.71. The van der Waals surface area contributed by atoms with E-state index in [9.17, 15) is 17.6 Å². The van der Waals surface area contributed by atoms with E-state index in [-0.39, 0.29) is 35.8 Å². The van der Waals surface area contributed by atoms with Crippen LogP contribution in [0.3, 0.4) is 0 Å². The fraction of sp³-hybridized carbons (Fsp3) is 0.500. The lowest BCUT2D eigenvalue weighted by Crippen LogP contribution is -2.30. The Bertz CT molecular complexity index is 886. The number of aliphatic imine (C=N–C) groups is 1. The third-order valence-corrected chi connectivity index (χ3v) is 5.96. The van der Waals surface area contributed by atoms with Crippen LogP contribution in [0.5, 0.6) is 0 Å². The Hall–Kier alpha value is -2.00. The van der Waals surface area contributed by atoms with Gasteiger partial charge in [0.25, 0.3) is 0 Å². The molecule has 4 nitrogen and oxygen atoms in total. The second kappa shape index (κ2) is 15.9. The molecule has 0 aromatic rings. The zero-order valence-electron chi connectivity index (χ0n) is 20.5. The van der Waals surface area contributed by atoms with Gasteiger partial charge in [-0.1, -0.05) is 47.6 Å². The van der Waals surface area contributed by atoms with Crippen molar-refractivity contribution in [2.45, 2.75) is 52.3 Å². The second-order valence-corrected chi connectivity index (χ2v) is 8.63. The van der Waals surface area contributed by atoms with Gasteiger partial charge in [0, 0.05) is 55.6 Å². The number of ether oxygens (including phenoxy) is 1. The van der Waals surface area contributed by atoms with Crippen molar-refractivity contribution in [2.75, 3.05) is 32.8 Å². The highest BCUT2D eigenvalue weighted by Crippen LogP contribution is 2.33.